The lowest BCUT2D eigenvalue weighted by atomic mass is 9.94. The van der Waals surface area contributed by atoms with Gasteiger partial charge in [-0.1, -0.05) is 19.4 Å². The molecule has 0 unspecified atom stereocenters. The van der Waals surface area contributed by atoms with E-state index in [1.165, 1.54) is 4.31 Å². The van der Waals surface area contributed by atoms with Crippen LogP contribution >= 0.6 is 15.9 Å². The molecule has 118 valence electrons. The lowest BCUT2D eigenvalue weighted by Gasteiger charge is -2.34. The average molecular weight is 375 g/mol. The second-order valence-corrected chi connectivity index (χ2v) is 8.37. The molecule has 1 aromatic carbocycles. The zero-order valence-electron chi connectivity index (χ0n) is 12.8. The highest BCUT2D eigenvalue weighted by atomic mass is 79.9. The standard InChI is InChI=1S/C15H23BrN2O2S/c1-4-17-10-12-8-11(2)15(16)14(9-12)21(19,20)18(3)13-6-5-7-13/h8-9,13,17H,4-7,10H2,1-3H3. The molecule has 4 nitrogen and oxygen atoms in total. The zero-order chi connectivity index (χ0) is 15.6. The first-order valence-electron chi connectivity index (χ1n) is 7.35. The van der Waals surface area contributed by atoms with E-state index in [0.717, 1.165) is 36.9 Å². The Morgan fingerprint density at radius 1 is 1.38 bits per heavy atom. The third kappa shape index (κ3) is 3.50. The van der Waals surface area contributed by atoms with Crippen LogP contribution in [0.2, 0.25) is 0 Å². The topological polar surface area (TPSA) is 49.4 Å². The first-order valence-corrected chi connectivity index (χ1v) is 9.59. The van der Waals surface area contributed by atoms with Crippen LogP contribution in [0.25, 0.3) is 0 Å². The molecule has 0 aliphatic heterocycles. The van der Waals surface area contributed by atoms with Gasteiger partial charge in [-0.05, 0) is 59.4 Å². The highest BCUT2D eigenvalue weighted by Gasteiger charge is 2.33. The third-order valence-electron chi connectivity index (χ3n) is 4.11. The van der Waals surface area contributed by atoms with E-state index >= 15 is 0 Å². The van der Waals surface area contributed by atoms with Crippen molar-refractivity contribution >= 4 is 26.0 Å². The third-order valence-corrected chi connectivity index (χ3v) is 7.36. The lowest BCUT2D eigenvalue weighted by molar-refractivity contribution is 0.249. The maximum absolute atomic E-state index is 12.8. The van der Waals surface area contributed by atoms with Crippen molar-refractivity contribution in [1.29, 1.82) is 0 Å². The van der Waals surface area contributed by atoms with Gasteiger partial charge in [0.05, 0.1) is 4.90 Å². The molecule has 2 rings (SSSR count). The number of rotatable bonds is 6. The predicted octanol–water partition coefficient (Wildman–Crippen LogP) is 3.04. The fraction of sp³-hybridized carbons (Fsp3) is 0.600. The SMILES string of the molecule is CCNCc1cc(C)c(Br)c(S(=O)(=O)N(C)C2CCC2)c1. The summed E-state index contributed by atoms with van der Waals surface area (Å²) < 4.78 is 27.9. The van der Waals surface area contributed by atoms with Gasteiger partial charge >= 0.3 is 0 Å². The number of hydrogen-bond acceptors (Lipinski definition) is 3. The van der Waals surface area contributed by atoms with Crippen molar-refractivity contribution in [3.05, 3.63) is 27.7 Å². The molecular formula is C15H23BrN2O2S. The van der Waals surface area contributed by atoms with Crippen LogP contribution in [-0.4, -0.2) is 32.4 Å². The Balaban J connectivity index is 2.38. The molecule has 1 fully saturated rings. The fourth-order valence-electron chi connectivity index (χ4n) is 2.47. The first-order chi connectivity index (χ1) is 9.87. The van der Waals surface area contributed by atoms with E-state index in [2.05, 4.69) is 21.2 Å². The molecule has 1 aliphatic carbocycles. The average Bonchev–Trinajstić information content (AvgIpc) is 2.37. The quantitative estimate of drug-likeness (QED) is 0.832. The van der Waals surface area contributed by atoms with Crippen molar-refractivity contribution in [2.45, 2.75) is 50.6 Å². The van der Waals surface area contributed by atoms with Crippen LogP contribution in [0.5, 0.6) is 0 Å². The van der Waals surface area contributed by atoms with E-state index in [-0.39, 0.29) is 6.04 Å². The second kappa shape index (κ2) is 6.77. The maximum atomic E-state index is 12.8. The van der Waals surface area contributed by atoms with Gasteiger partial charge < -0.3 is 5.32 Å². The Kier molecular flexibility index (Phi) is 5.46. The summed E-state index contributed by atoms with van der Waals surface area (Å²) in [6.07, 6.45) is 3.04. The molecular weight excluding hydrogens is 352 g/mol. The first kappa shape index (κ1) is 16.9. The van der Waals surface area contributed by atoms with Crippen molar-refractivity contribution in [3.8, 4) is 0 Å². The number of sulfonamides is 1. The summed E-state index contributed by atoms with van der Waals surface area (Å²) in [7, 11) is -1.75. The van der Waals surface area contributed by atoms with Gasteiger partial charge in [0.15, 0.2) is 0 Å². The largest absolute Gasteiger partial charge is 0.313 e. The number of nitrogens with zero attached hydrogens (tertiary/aromatic N) is 1. The summed E-state index contributed by atoms with van der Waals surface area (Å²) in [5.41, 5.74) is 1.95. The van der Waals surface area contributed by atoms with Gasteiger partial charge in [0.2, 0.25) is 10.0 Å². The summed E-state index contributed by atoms with van der Waals surface area (Å²) >= 11 is 3.45. The summed E-state index contributed by atoms with van der Waals surface area (Å²) in [5, 5.41) is 3.24. The van der Waals surface area contributed by atoms with Gasteiger partial charge in [-0.2, -0.15) is 4.31 Å². The molecule has 6 heteroatoms. The Morgan fingerprint density at radius 3 is 2.57 bits per heavy atom. The number of aryl methyl sites for hydroxylation is 1. The van der Waals surface area contributed by atoms with Gasteiger partial charge in [-0.15, -0.1) is 0 Å². The maximum Gasteiger partial charge on any atom is 0.244 e. The second-order valence-electron chi connectivity index (χ2n) is 5.61. The summed E-state index contributed by atoms with van der Waals surface area (Å²) in [6, 6.07) is 3.96. The molecule has 1 aliphatic rings. The van der Waals surface area contributed by atoms with Crippen LogP contribution in [0.1, 0.15) is 37.3 Å². The van der Waals surface area contributed by atoms with Gasteiger partial charge in [-0.25, -0.2) is 8.42 Å². The van der Waals surface area contributed by atoms with Crippen molar-refractivity contribution in [3.63, 3.8) is 0 Å². The van der Waals surface area contributed by atoms with E-state index in [1.807, 2.05) is 19.9 Å². The Labute approximate surface area is 136 Å². The lowest BCUT2D eigenvalue weighted by Crippen LogP contribution is -2.41. The fourth-order valence-corrected chi connectivity index (χ4v) is 4.91. The van der Waals surface area contributed by atoms with E-state index in [9.17, 15) is 8.42 Å². The van der Waals surface area contributed by atoms with Crippen molar-refractivity contribution in [2.24, 2.45) is 0 Å². The van der Waals surface area contributed by atoms with Crippen molar-refractivity contribution < 1.29 is 8.42 Å². The summed E-state index contributed by atoms with van der Waals surface area (Å²) in [5.74, 6) is 0. The molecule has 0 aromatic heterocycles. The monoisotopic (exact) mass is 374 g/mol. The number of nitrogens with one attached hydrogen (secondary N) is 1. The van der Waals surface area contributed by atoms with Crippen molar-refractivity contribution in [2.75, 3.05) is 13.6 Å². The summed E-state index contributed by atoms with van der Waals surface area (Å²) in [6.45, 7) is 5.51. The van der Waals surface area contributed by atoms with Gasteiger partial charge in [0.1, 0.15) is 0 Å². The van der Waals surface area contributed by atoms with Gasteiger partial charge in [0.25, 0.3) is 0 Å². The highest BCUT2D eigenvalue weighted by molar-refractivity contribution is 9.10. The molecule has 0 radical (unpaired) electrons. The molecule has 0 heterocycles. The van der Waals surface area contributed by atoms with Crippen LogP contribution in [0.15, 0.2) is 21.5 Å². The van der Waals surface area contributed by atoms with E-state index in [0.29, 0.717) is 15.9 Å². The van der Waals surface area contributed by atoms with Crippen LogP contribution in [0.3, 0.4) is 0 Å². The zero-order valence-corrected chi connectivity index (χ0v) is 15.2. The Bertz CT molecular complexity index is 612. The minimum atomic E-state index is -3.44. The predicted molar refractivity (Wildman–Crippen MR) is 88.8 cm³/mol. The molecule has 1 saturated carbocycles. The minimum Gasteiger partial charge on any atom is -0.313 e. The van der Waals surface area contributed by atoms with E-state index < -0.39 is 10.0 Å². The van der Waals surface area contributed by atoms with E-state index in [1.54, 1.807) is 13.1 Å². The van der Waals surface area contributed by atoms with Gasteiger partial charge in [-0.3, -0.25) is 0 Å². The van der Waals surface area contributed by atoms with Crippen LogP contribution in [-0.2, 0) is 16.6 Å². The molecule has 0 bridgehead atoms. The smallest absolute Gasteiger partial charge is 0.244 e. The highest BCUT2D eigenvalue weighted by Crippen LogP contribution is 2.33. The minimum absolute atomic E-state index is 0.152. The molecule has 21 heavy (non-hydrogen) atoms. The molecule has 0 spiro atoms. The van der Waals surface area contributed by atoms with Crippen LogP contribution in [0.4, 0.5) is 0 Å². The number of hydrogen-bond donors (Lipinski definition) is 1. The van der Waals surface area contributed by atoms with Crippen LogP contribution < -0.4 is 5.32 Å². The van der Waals surface area contributed by atoms with Gasteiger partial charge in [0, 0.05) is 24.1 Å². The molecule has 1 N–H and O–H groups in total. The molecule has 0 atom stereocenters. The molecule has 1 aromatic rings. The van der Waals surface area contributed by atoms with Crippen molar-refractivity contribution in [1.82, 2.24) is 9.62 Å². The number of benzene rings is 1. The van der Waals surface area contributed by atoms with Crippen LogP contribution in [0, 0.1) is 6.92 Å². The molecule has 0 amide bonds. The Hall–Kier alpha value is -0.430. The Morgan fingerprint density at radius 2 is 2.05 bits per heavy atom. The van der Waals surface area contributed by atoms with E-state index in [4.69, 9.17) is 0 Å². The normalized spacial score (nSPS) is 16.2. The summed E-state index contributed by atoms with van der Waals surface area (Å²) in [4.78, 5) is 0.379. The molecule has 0 saturated heterocycles. The number of halogens is 1.